The van der Waals surface area contributed by atoms with Crippen LogP contribution in [0, 0.1) is 0 Å². The molecule has 0 bridgehead atoms. The number of thioether (sulfide) groups is 1. The van der Waals surface area contributed by atoms with Gasteiger partial charge in [-0.05, 0) is 44.0 Å². The highest BCUT2D eigenvalue weighted by atomic mass is 32.2. The Bertz CT molecular complexity index is 1100. The minimum atomic E-state index is 0.113. The quantitative estimate of drug-likeness (QED) is 0.472. The molecule has 1 fully saturated rings. The molecule has 2 atom stereocenters. The first-order chi connectivity index (χ1) is 14.2. The van der Waals surface area contributed by atoms with Gasteiger partial charge in [-0.25, -0.2) is 9.97 Å². The number of imidazole rings is 1. The van der Waals surface area contributed by atoms with Gasteiger partial charge in [0.1, 0.15) is 10.8 Å². The predicted octanol–water partition coefficient (Wildman–Crippen LogP) is 5.33. The summed E-state index contributed by atoms with van der Waals surface area (Å²) in [5.41, 5.74) is 3.04. The van der Waals surface area contributed by atoms with Crippen LogP contribution in [0.2, 0.25) is 0 Å². The smallest absolute Gasteiger partial charge is 0.233 e. The van der Waals surface area contributed by atoms with Crippen LogP contribution in [0.5, 0.6) is 0 Å². The number of carbonyl (C=O) groups excluding carboxylic acids is 1. The van der Waals surface area contributed by atoms with Crippen molar-refractivity contribution in [3.63, 3.8) is 0 Å². The summed E-state index contributed by atoms with van der Waals surface area (Å²) in [7, 11) is 0. The van der Waals surface area contributed by atoms with Crippen LogP contribution in [0.4, 0.5) is 0 Å². The van der Waals surface area contributed by atoms with Crippen LogP contribution in [0.1, 0.15) is 41.9 Å². The first-order valence-corrected chi connectivity index (χ1v) is 11.8. The molecule has 0 spiro atoms. The summed E-state index contributed by atoms with van der Waals surface area (Å²) in [6.07, 6.45) is 2.03. The third-order valence-corrected chi connectivity index (χ3v) is 7.69. The van der Waals surface area contributed by atoms with E-state index >= 15 is 0 Å². The fourth-order valence-electron chi connectivity index (χ4n) is 3.88. The van der Waals surface area contributed by atoms with Gasteiger partial charge >= 0.3 is 0 Å². The number of benzene rings is 2. The zero-order chi connectivity index (χ0) is 19.8. The van der Waals surface area contributed by atoms with Crippen molar-refractivity contribution in [3.05, 3.63) is 59.4 Å². The van der Waals surface area contributed by atoms with Gasteiger partial charge in [0.25, 0.3) is 0 Å². The number of rotatable bonds is 5. The maximum atomic E-state index is 13.0. The molecule has 7 heteroatoms. The van der Waals surface area contributed by atoms with E-state index in [9.17, 15) is 4.79 Å². The second kappa shape index (κ2) is 7.80. The number of carbonyl (C=O) groups is 1. The Morgan fingerprint density at radius 3 is 2.83 bits per heavy atom. The molecule has 3 heterocycles. The zero-order valence-corrected chi connectivity index (χ0v) is 17.8. The van der Waals surface area contributed by atoms with E-state index in [2.05, 4.69) is 23.0 Å². The number of H-pyrrole nitrogens is 1. The molecule has 2 aromatic heterocycles. The number of nitrogens with zero attached hydrogens (tertiary/aromatic N) is 3. The minimum Gasteiger partial charge on any atom is -0.341 e. The summed E-state index contributed by atoms with van der Waals surface area (Å²) in [5, 5.41) is 1.20. The fraction of sp³-hybridized carbons (Fsp3) is 0.318. The number of para-hydroxylation sites is 3. The van der Waals surface area contributed by atoms with Crippen LogP contribution >= 0.6 is 23.1 Å². The van der Waals surface area contributed by atoms with Crippen LogP contribution in [-0.4, -0.2) is 38.1 Å². The lowest BCUT2D eigenvalue weighted by molar-refractivity contribution is -0.129. The zero-order valence-electron chi connectivity index (χ0n) is 16.2. The summed E-state index contributed by atoms with van der Waals surface area (Å²) >= 11 is 3.35. The van der Waals surface area contributed by atoms with Crippen molar-refractivity contribution in [2.24, 2.45) is 0 Å². The Morgan fingerprint density at radius 1 is 1.21 bits per heavy atom. The molecule has 0 aliphatic carbocycles. The minimum absolute atomic E-state index is 0.113. The van der Waals surface area contributed by atoms with E-state index in [-0.39, 0.29) is 17.2 Å². The van der Waals surface area contributed by atoms with Crippen LogP contribution in [-0.2, 0) is 4.79 Å². The summed E-state index contributed by atoms with van der Waals surface area (Å²) < 4.78 is 1.19. The number of aromatic nitrogens is 3. The second-order valence-electron chi connectivity index (χ2n) is 7.36. The summed E-state index contributed by atoms with van der Waals surface area (Å²) in [6, 6.07) is 16.3. The van der Waals surface area contributed by atoms with Gasteiger partial charge in [0, 0.05) is 6.54 Å². The summed E-state index contributed by atoms with van der Waals surface area (Å²) in [6.45, 7) is 2.92. The molecular weight excluding hydrogens is 400 g/mol. The van der Waals surface area contributed by atoms with Gasteiger partial charge in [0.05, 0.1) is 38.3 Å². The van der Waals surface area contributed by atoms with Crippen molar-refractivity contribution in [3.8, 4) is 0 Å². The number of aromatic amines is 1. The average Bonchev–Trinajstić information content (AvgIpc) is 3.48. The largest absolute Gasteiger partial charge is 0.341 e. The van der Waals surface area contributed by atoms with Gasteiger partial charge in [0.2, 0.25) is 5.91 Å². The van der Waals surface area contributed by atoms with Crippen LogP contribution < -0.4 is 0 Å². The molecule has 5 nitrogen and oxygen atoms in total. The maximum absolute atomic E-state index is 13.0. The van der Waals surface area contributed by atoms with E-state index in [0.29, 0.717) is 5.75 Å². The lowest BCUT2D eigenvalue weighted by Crippen LogP contribution is -2.32. The van der Waals surface area contributed by atoms with Gasteiger partial charge in [-0.1, -0.05) is 24.3 Å². The number of hydrogen-bond acceptors (Lipinski definition) is 5. The van der Waals surface area contributed by atoms with Gasteiger partial charge < -0.3 is 9.88 Å². The highest BCUT2D eigenvalue weighted by molar-refractivity contribution is 8.00. The Balaban J connectivity index is 1.27. The van der Waals surface area contributed by atoms with Crippen molar-refractivity contribution in [1.29, 1.82) is 0 Å². The second-order valence-corrected chi connectivity index (χ2v) is 9.75. The van der Waals surface area contributed by atoms with Crippen molar-refractivity contribution < 1.29 is 4.79 Å². The number of fused-ring (bicyclic) bond motifs is 2. The molecule has 29 heavy (non-hydrogen) atoms. The SMILES string of the molecule is CC(SCC(=O)N1CCCC1c1nc2ccccc2s1)c1nc2ccccc2[nH]1. The summed E-state index contributed by atoms with van der Waals surface area (Å²) in [5.74, 6) is 1.58. The first kappa shape index (κ1) is 18.6. The Morgan fingerprint density at radius 2 is 2.00 bits per heavy atom. The van der Waals surface area contributed by atoms with E-state index in [1.807, 2.05) is 47.4 Å². The van der Waals surface area contributed by atoms with E-state index in [1.54, 1.807) is 23.1 Å². The molecule has 2 unspecified atom stereocenters. The molecule has 1 aliphatic heterocycles. The van der Waals surface area contributed by atoms with E-state index in [4.69, 9.17) is 4.98 Å². The monoisotopic (exact) mass is 422 g/mol. The number of amides is 1. The van der Waals surface area contributed by atoms with Gasteiger partial charge in [-0.15, -0.1) is 23.1 Å². The Labute approximate surface area is 177 Å². The first-order valence-electron chi connectivity index (χ1n) is 9.90. The highest BCUT2D eigenvalue weighted by Gasteiger charge is 2.32. The number of hydrogen-bond donors (Lipinski definition) is 1. The van der Waals surface area contributed by atoms with Crippen LogP contribution in [0.3, 0.4) is 0 Å². The van der Waals surface area contributed by atoms with Gasteiger partial charge in [-0.2, -0.15) is 0 Å². The topological polar surface area (TPSA) is 61.9 Å². The molecular formula is C22H22N4OS2. The fourth-order valence-corrected chi connectivity index (χ4v) is 5.82. The van der Waals surface area contributed by atoms with Crippen molar-refractivity contribution >= 4 is 50.3 Å². The molecule has 1 aliphatic rings. The van der Waals surface area contributed by atoms with Crippen molar-refractivity contribution in [1.82, 2.24) is 19.9 Å². The normalized spacial score (nSPS) is 18.0. The molecule has 2 aromatic carbocycles. The standard InChI is InChI=1S/C22H22N4OS2/c1-14(21-23-15-7-2-3-8-16(15)24-21)28-13-20(27)26-12-6-10-18(26)22-25-17-9-4-5-11-19(17)29-22/h2-5,7-9,11,14,18H,6,10,12-13H2,1H3,(H,23,24). The predicted molar refractivity (Wildman–Crippen MR) is 120 cm³/mol. The number of nitrogens with one attached hydrogen (secondary N) is 1. The third kappa shape index (κ3) is 3.65. The van der Waals surface area contributed by atoms with E-state index < -0.39 is 0 Å². The Hall–Kier alpha value is -2.38. The lowest BCUT2D eigenvalue weighted by Gasteiger charge is -2.23. The lowest BCUT2D eigenvalue weighted by atomic mass is 10.2. The molecule has 0 radical (unpaired) electrons. The van der Waals surface area contributed by atoms with E-state index in [0.717, 1.165) is 46.8 Å². The molecule has 148 valence electrons. The summed E-state index contributed by atoms with van der Waals surface area (Å²) in [4.78, 5) is 27.9. The molecule has 4 aromatic rings. The average molecular weight is 423 g/mol. The van der Waals surface area contributed by atoms with Gasteiger partial charge in [0.15, 0.2) is 0 Å². The third-order valence-electron chi connectivity index (χ3n) is 5.42. The molecule has 1 N–H and O–H groups in total. The van der Waals surface area contributed by atoms with Crippen LogP contribution in [0.25, 0.3) is 21.3 Å². The number of thiazole rings is 1. The Kier molecular flexibility index (Phi) is 5.01. The maximum Gasteiger partial charge on any atom is 0.233 e. The van der Waals surface area contributed by atoms with Crippen molar-refractivity contribution in [2.45, 2.75) is 31.1 Å². The molecule has 5 rings (SSSR count). The van der Waals surface area contributed by atoms with Gasteiger partial charge in [-0.3, -0.25) is 4.79 Å². The highest BCUT2D eigenvalue weighted by Crippen LogP contribution is 2.37. The van der Waals surface area contributed by atoms with Crippen molar-refractivity contribution in [2.75, 3.05) is 12.3 Å². The van der Waals surface area contributed by atoms with E-state index in [1.165, 1.54) is 4.70 Å². The molecule has 1 saturated heterocycles. The molecule has 1 amide bonds. The van der Waals surface area contributed by atoms with Crippen LogP contribution in [0.15, 0.2) is 48.5 Å². The number of likely N-dealkylation sites (tertiary alicyclic amines) is 1. The molecule has 0 saturated carbocycles.